The van der Waals surface area contributed by atoms with E-state index in [4.69, 9.17) is 5.73 Å². The molecule has 1 saturated heterocycles. The van der Waals surface area contributed by atoms with Crippen LogP contribution in [0, 0.1) is 5.92 Å². The molecule has 0 radical (unpaired) electrons. The molecule has 0 amide bonds. The third-order valence-electron chi connectivity index (χ3n) is 5.05. The summed E-state index contributed by atoms with van der Waals surface area (Å²) >= 11 is 2.05. The lowest BCUT2D eigenvalue weighted by molar-refractivity contribution is 0.189. The third kappa shape index (κ3) is 6.17. The van der Waals surface area contributed by atoms with E-state index in [1.54, 1.807) is 0 Å². The van der Waals surface area contributed by atoms with Crippen molar-refractivity contribution < 1.29 is 0 Å². The number of aromatic nitrogens is 2. The van der Waals surface area contributed by atoms with Crippen molar-refractivity contribution in [1.82, 2.24) is 14.5 Å². The van der Waals surface area contributed by atoms with Crippen LogP contribution >= 0.6 is 11.8 Å². The van der Waals surface area contributed by atoms with Crippen LogP contribution in [0.25, 0.3) is 0 Å². The normalized spacial score (nSPS) is 16.4. The highest BCUT2D eigenvalue weighted by atomic mass is 32.2. The molecular formula is C20H30N4S. The van der Waals surface area contributed by atoms with Gasteiger partial charge in [-0.15, -0.1) is 0 Å². The maximum absolute atomic E-state index is 5.67. The van der Waals surface area contributed by atoms with Crippen LogP contribution in [0.5, 0.6) is 0 Å². The Kier molecular flexibility index (Phi) is 7.39. The second kappa shape index (κ2) is 10.00. The van der Waals surface area contributed by atoms with Gasteiger partial charge in [-0.3, -0.25) is 0 Å². The van der Waals surface area contributed by atoms with E-state index in [1.165, 1.54) is 55.8 Å². The van der Waals surface area contributed by atoms with Crippen LogP contribution in [0.3, 0.4) is 0 Å². The minimum Gasteiger partial charge on any atom is -0.333 e. The van der Waals surface area contributed by atoms with E-state index >= 15 is 0 Å². The van der Waals surface area contributed by atoms with Crippen molar-refractivity contribution in [2.75, 3.05) is 31.9 Å². The molecule has 0 unspecified atom stereocenters. The third-order valence-corrected chi connectivity index (χ3v) is 6.06. The average Bonchev–Trinajstić information content (AvgIpc) is 3.15. The molecule has 3 rings (SSSR count). The Balaban J connectivity index is 1.31. The quantitative estimate of drug-likeness (QED) is 0.699. The van der Waals surface area contributed by atoms with Gasteiger partial charge in [-0.25, -0.2) is 4.98 Å². The summed E-state index contributed by atoms with van der Waals surface area (Å²) in [4.78, 5) is 6.71. The van der Waals surface area contributed by atoms with Crippen molar-refractivity contribution in [3.63, 3.8) is 0 Å². The number of piperidine rings is 1. The van der Waals surface area contributed by atoms with Gasteiger partial charge in [-0.05, 0) is 55.9 Å². The second-order valence-corrected chi connectivity index (χ2v) is 8.07. The predicted octanol–water partition coefficient (Wildman–Crippen LogP) is 3.23. The van der Waals surface area contributed by atoms with Crippen molar-refractivity contribution >= 4 is 11.8 Å². The molecule has 5 heteroatoms. The van der Waals surface area contributed by atoms with E-state index in [0.717, 1.165) is 24.8 Å². The van der Waals surface area contributed by atoms with Crippen molar-refractivity contribution in [2.24, 2.45) is 11.7 Å². The summed E-state index contributed by atoms with van der Waals surface area (Å²) in [5.41, 5.74) is 8.41. The summed E-state index contributed by atoms with van der Waals surface area (Å²) in [6.07, 6.45) is 9.57. The van der Waals surface area contributed by atoms with Gasteiger partial charge in [0.1, 0.15) is 0 Å². The number of imidazole rings is 1. The van der Waals surface area contributed by atoms with Crippen LogP contribution < -0.4 is 5.73 Å². The van der Waals surface area contributed by atoms with Crippen molar-refractivity contribution in [2.45, 2.75) is 31.6 Å². The minimum absolute atomic E-state index is 0.849. The van der Waals surface area contributed by atoms with E-state index in [1.807, 2.05) is 30.5 Å². The van der Waals surface area contributed by atoms with Crippen molar-refractivity contribution in [3.8, 4) is 0 Å². The Hall–Kier alpha value is -1.30. The SMILES string of the molecule is NCCC1CCN(CCSCc2ccc(Cn3ccnc3)cc2)CC1. The molecule has 4 nitrogen and oxygen atoms in total. The lowest BCUT2D eigenvalue weighted by Crippen LogP contribution is -2.35. The fourth-order valence-corrected chi connectivity index (χ4v) is 4.41. The molecule has 0 saturated carbocycles. The molecule has 2 N–H and O–H groups in total. The monoisotopic (exact) mass is 358 g/mol. The molecular weight excluding hydrogens is 328 g/mol. The smallest absolute Gasteiger partial charge is 0.0949 e. The van der Waals surface area contributed by atoms with E-state index in [-0.39, 0.29) is 0 Å². The molecule has 2 heterocycles. The Bertz CT molecular complexity index is 589. The maximum Gasteiger partial charge on any atom is 0.0949 e. The fourth-order valence-electron chi connectivity index (χ4n) is 3.45. The van der Waals surface area contributed by atoms with Crippen LogP contribution in [-0.4, -0.2) is 46.4 Å². The van der Waals surface area contributed by atoms with Crippen LogP contribution in [0.1, 0.15) is 30.4 Å². The molecule has 0 aliphatic carbocycles. The number of likely N-dealkylation sites (tertiary alicyclic amines) is 1. The summed E-state index contributed by atoms with van der Waals surface area (Å²) in [7, 11) is 0. The van der Waals surface area contributed by atoms with Gasteiger partial charge in [-0.2, -0.15) is 11.8 Å². The average molecular weight is 359 g/mol. The standard InChI is InChI=1S/C20H30N4S/c21-8-5-18-6-10-23(11-7-18)13-14-25-16-20-3-1-19(2-4-20)15-24-12-9-22-17-24/h1-4,9,12,17-18H,5-8,10-11,13-16,21H2. The van der Waals surface area contributed by atoms with Gasteiger partial charge in [0.15, 0.2) is 0 Å². The Morgan fingerprint density at radius 3 is 2.56 bits per heavy atom. The first-order valence-electron chi connectivity index (χ1n) is 9.37. The number of hydrogen-bond acceptors (Lipinski definition) is 4. The van der Waals surface area contributed by atoms with Crippen LogP contribution in [0.2, 0.25) is 0 Å². The lowest BCUT2D eigenvalue weighted by Gasteiger charge is -2.31. The summed E-state index contributed by atoms with van der Waals surface area (Å²) in [6, 6.07) is 8.99. The van der Waals surface area contributed by atoms with Crippen LogP contribution in [0.15, 0.2) is 43.0 Å². The highest BCUT2D eigenvalue weighted by molar-refractivity contribution is 7.98. The van der Waals surface area contributed by atoms with E-state index < -0.39 is 0 Å². The van der Waals surface area contributed by atoms with Gasteiger partial charge in [0, 0.05) is 37.0 Å². The first-order valence-corrected chi connectivity index (χ1v) is 10.5. The number of rotatable bonds is 9. The zero-order valence-corrected chi connectivity index (χ0v) is 15.8. The zero-order chi connectivity index (χ0) is 17.3. The number of benzene rings is 1. The minimum atomic E-state index is 0.849. The zero-order valence-electron chi connectivity index (χ0n) is 15.0. The van der Waals surface area contributed by atoms with Crippen molar-refractivity contribution in [1.29, 1.82) is 0 Å². The molecule has 136 valence electrons. The maximum atomic E-state index is 5.67. The molecule has 1 aliphatic heterocycles. The molecule has 1 aromatic heterocycles. The highest BCUT2D eigenvalue weighted by Crippen LogP contribution is 2.20. The van der Waals surface area contributed by atoms with Gasteiger partial charge in [0.25, 0.3) is 0 Å². The Labute approximate surface area is 155 Å². The predicted molar refractivity (Wildman–Crippen MR) is 107 cm³/mol. The number of thioether (sulfide) groups is 1. The largest absolute Gasteiger partial charge is 0.333 e. The van der Waals surface area contributed by atoms with Gasteiger partial charge in [-0.1, -0.05) is 24.3 Å². The Morgan fingerprint density at radius 1 is 1.12 bits per heavy atom. The van der Waals surface area contributed by atoms with Gasteiger partial charge in [0.2, 0.25) is 0 Å². The van der Waals surface area contributed by atoms with Crippen molar-refractivity contribution in [3.05, 3.63) is 54.1 Å². The molecule has 1 aromatic carbocycles. The molecule has 2 aromatic rings. The molecule has 0 bridgehead atoms. The number of nitrogens with two attached hydrogens (primary N) is 1. The summed E-state index contributed by atoms with van der Waals surface area (Å²) in [6.45, 7) is 5.48. The van der Waals surface area contributed by atoms with Crippen LogP contribution in [-0.2, 0) is 12.3 Å². The van der Waals surface area contributed by atoms with Gasteiger partial charge in [0.05, 0.1) is 6.33 Å². The lowest BCUT2D eigenvalue weighted by atomic mass is 9.94. The molecule has 1 fully saturated rings. The van der Waals surface area contributed by atoms with Gasteiger partial charge >= 0.3 is 0 Å². The van der Waals surface area contributed by atoms with Crippen LogP contribution in [0.4, 0.5) is 0 Å². The fraction of sp³-hybridized carbons (Fsp3) is 0.550. The summed E-state index contributed by atoms with van der Waals surface area (Å²) < 4.78 is 2.10. The molecule has 25 heavy (non-hydrogen) atoms. The molecule has 0 atom stereocenters. The summed E-state index contributed by atoms with van der Waals surface area (Å²) in [5.74, 6) is 3.20. The van der Waals surface area contributed by atoms with Gasteiger partial charge < -0.3 is 15.2 Å². The van der Waals surface area contributed by atoms with E-state index in [9.17, 15) is 0 Å². The summed E-state index contributed by atoms with van der Waals surface area (Å²) in [5, 5.41) is 0. The number of nitrogens with zero attached hydrogens (tertiary/aromatic N) is 3. The number of hydrogen-bond donors (Lipinski definition) is 1. The second-order valence-electron chi connectivity index (χ2n) is 6.97. The Morgan fingerprint density at radius 2 is 1.88 bits per heavy atom. The van der Waals surface area contributed by atoms with E-state index in [0.29, 0.717) is 0 Å². The molecule has 0 spiro atoms. The molecule has 1 aliphatic rings. The first kappa shape index (κ1) is 18.5. The highest BCUT2D eigenvalue weighted by Gasteiger charge is 2.17. The topological polar surface area (TPSA) is 47.1 Å². The van der Waals surface area contributed by atoms with E-state index in [2.05, 4.69) is 38.7 Å². The first-order chi connectivity index (χ1) is 12.3.